The van der Waals surface area contributed by atoms with Gasteiger partial charge in [-0.3, -0.25) is 9.59 Å². The molecule has 0 radical (unpaired) electrons. The molecule has 0 aromatic heterocycles. The van der Waals surface area contributed by atoms with E-state index >= 15 is 0 Å². The number of hydrogen-bond donors (Lipinski definition) is 1. The molecule has 1 saturated carbocycles. The van der Waals surface area contributed by atoms with Crippen LogP contribution in [-0.2, 0) is 9.59 Å². The Morgan fingerprint density at radius 1 is 1.33 bits per heavy atom. The average Bonchev–Trinajstić information content (AvgIpc) is 2.65. The van der Waals surface area contributed by atoms with E-state index in [1.165, 1.54) is 6.42 Å². The van der Waals surface area contributed by atoms with Crippen LogP contribution in [0.1, 0.15) is 58.3 Å². The van der Waals surface area contributed by atoms with Crippen molar-refractivity contribution in [3.05, 3.63) is 0 Å². The molecule has 1 saturated heterocycles. The third kappa shape index (κ3) is 3.78. The van der Waals surface area contributed by atoms with Crippen molar-refractivity contribution >= 4 is 11.8 Å². The van der Waals surface area contributed by atoms with Crippen molar-refractivity contribution in [3.63, 3.8) is 0 Å². The molecule has 0 aromatic rings. The Morgan fingerprint density at radius 3 is 2.67 bits per heavy atom. The SMILES string of the molecule is C#CCC(CC)N1CCC(=O)NC(C2CCCCC2)C1=O. The van der Waals surface area contributed by atoms with Gasteiger partial charge < -0.3 is 10.2 Å². The predicted octanol–water partition coefficient (Wildman–Crippen LogP) is 2.09. The smallest absolute Gasteiger partial charge is 0.245 e. The molecule has 2 rings (SSSR count). The minimum absolute atomic E-state index is 0.00279. The molecule has 2 amide bonds. The van der Waals surface area contributed by atoms with Gasteiger partial charge in [0.1, 0.15) is 6.04 Å². The summed E-state index contributed by atoms with van der Waals surface area (Å²) < 4.78 is 0. The summed E-state index contributed by atoms with van der Waals surface area (Å²) in [6, 6.07) is -0.284. The average molecular weight is 290 g/mol. The van der Waals surface area contributed by atoms with Gasteiger partial charge in [0.25, 0.3) is 0 Å². The van der Waals surface area contributed by atoms with Crippen molar-refractivity contribution in [2.75, 3.05) is 6.54 Å². The number of carbonyl (C=O) groups is 2. The first-order chi connectivity index (χ1) is 10.2. The fourth-order valence-corrected chi connectivity index (χ4v) is 3.58. The molecule has 1 N–H and O–H groups in total. The monoisotopic (exact) mass is 290 g/mol. The third-order valence-electron chi connectivity index (χ3n) is 4.83. The van der Waals surface area contributed by atoms with Gasteiger partial charge in [0.2, 0.25) is 11.8 Å². The highest BCUT2D eigenvalue weighted by molar-refractivity contribution is 5.90. The lowest BCUT2D eigenvalue weighted by Gasteiger charge is -2.34. The van der Waals surface area contributed by atoms with Crippen LogP contribution in [0.3, 0.4) is 0 Å². The minimum atomic E-state index is -0.341. The summed E-state index contributed by atoms with van der Waals surface area (Å²) in [5.74, 6) is 3.03. The molecule has 2 unspecified atom stereocenters. The first-order valence-corrected chi connectivity index (χ1v) is 8.20. The Kier molecular flexibility index (Phi) is 5.67. The van der Waals surface area contributed by atoms with E-state index in [1.807, 2.05) is 11.8 Å². The first-order valence-electron chi connectivity index (χ1n) is 8.20. The van der Waals surface area contributed by atoms with E-state index in [1.54, 1.807) is 0 Å². The lowest BCUT2D eigenvalue weighted by atomic mass is 9.83. The van der Waals surface area contributed by atoms with E-state index in [0.717, 1.165) is 32.1 Å². The lowest BCUT2D eigenvalue weighted by Crippen LogP contribution is -2.52. The summed E-state index contributed by atoms with van der Waals surface area (Å²) in [7, 11) is 0. The Labute approximate surface area is 127 Å². The highest BCUT2D eigenvalue weighted by atomic mass is 16.2. The van der Waals surface area contributed by atoms with Crippen molar-refractivity contribution in [3.8, 4) is 12.3 Å². The third-order valence-corrected chi connectivity index (χ3v) is 4.83. The van der Waals surface area contributed by atoms with Crippen LogP contribution in [0.4, 0.5) is 0 Å². The summed E-state index contributed by atoms with van der Waals surface area (Å²) in [6.45, 7) is 2.54. The van der Waals surface area contributed by atoms with Crippen LogP contribution in [0.15, 0.2) is 0 Å². The van der Waals surface area contributed by atoms with Gasteiger partial charge in [0, 0.05) is 25.4 Å². The largest absolute Gasteiger partial charge is 0.344 e. The van der Waals surface area contributed by atoms with E-state index in [9.17, 15) is 9.59 Å². The van der Waals surface area contributed by atoms with Crippen LogP contribution >= 0.6 is 0 Å². The molecular formula is C17H26N2O2. The topological polar surface area (TPSA) is 49.4 Å². The second-order valence-corrected chi connectivity index (χ2v) is 6.20. The molecule has 1 aliphatic carbocycles. The number of carbonyl (C=O) groups excluding carboxylic acids is 2. The lowest BCUT2D eigenvalue weighted by molar-refractivity contribution is -0.137. The van der Waals surface area contributed by atoms with Crippen molar-refractivity contribution in [1.29, 1.82) is 0 Å². The van der Waals surface area contributed by atoms with E-state index < -0.39 is 0 Å². The second-order valence-electron chi connectivity index (χ2n) is 6.20. The van der Waals surface area contributed by atoms with Gasteiger partial charge >= 0.3 is 0 Å². The fourth-order valence-electron chi connectivity index (χ4n) is 3.58. The maximum Gasteiger partial charge on any atom is 0.245 e. The molecule has 21 heavy (non-hydrogen) atoms. The van der Waals surface area contributed by atoms with Gasteiger partial charge in [-0.2, -0.15) is 0 Å². The summed E-state index contributed by atoms with van der Waals surface area (Å²) in [4.78, 5) is 26.7. The van der Waals surface area contributed by atoms with Crippen molar-refractivity contribution in [1.82, 2.24) is 10.2 Å². The van der Waals surface area contributed by atoms with Gasteiger partial charge in [0.15, 0.2) is 0 Å². The normalized spacial score (nSPS) is 25.9. The summed E-state index contributed by atoms with van der Waals surface area (Å²) in [5.41, 5.74) is 0. The number of nitrogens with one attached hydrogen (secondary N) is 1. The van der Waals surface area contributed by atoms with Gasteiger partial charge in [-0.15, -0.1) is 12.3 Å². The Balaban J connectivity index is 2.16. The zero-order chi connectivity index (χ0) is 15.2. The standard InChI is InChI=1S/C17H26N2O2/c1-3-8-14(4-2)19-12-11-15(20)18-16(17(19)21)13-9-6-5-7-10-13/h1,13-14,16H,4-12H2,2H3,(H,18,20). The Hall–Kier alpha value is -1.50. The zero-order valence-corrected chi connectivity index (χ0v) is 12.9. The molecule has 2 aliphatic rings. The maximum atomic E-state index is 12.9. The van der Waals surface area contributed by atoms with Crippen molar-refractivity contribution < 1.29 is 9.59 Å². The van der Waals surface area contributed by atoms with Crippen molar-refractivity contribution in [2.24, 2.45) is 5.92 Å². The number of hydrogen-bond acceptors (Lipinski definition) is 2. The number of amides is 2. The van der Waals surface area contributed by atoms with Crippen LogP contribution in [0.5, 0.6) is 0 Å². The van der Waals surface area contributed by atoms with Crippen LogP contribution < -0.4 is 5.32 Å². The summed E-state index contributed by atoms with van der Waals surface area (Å²) >= 11 is 0. The zero-order valence-electron chi connectivity index (χ0n) is 12.9. The molecule has 4 nitrogen and oxygen atoms in total. The summed E-state index contributed by atoms with van der Waals surface area (Å²) in [6.07, 6.45) is 12.8. The molecule has 4 heteroatoms. The van der Waals surface area contributed by atoms with Crippen molar-refractivity contribution in [2.45, 2.75) is 70.4 Å². The minimum Gasteiger partial charge on any atom is -0.344 e. The molecule has 2 atom stereocenters. The van der Waals surface area contributed by atoms with Crippen LogP contribution in [0, 0.1) is 18.3 Å². The van der Waals surface area contributed by atoms with E-state index in [4.69, 9.17) is 6.42 Å². The molecular weight excluding hydrogens is 264 g/mol. The van der Waals surface area contributed by atoms with E-state index in [0.29, 0.717) is 25.3 Å². The van der Waals surface area contributed by atoms with Crippen LogP contribution in [0.2, 0.25) is 0 Å². The molecule has 1 aliphatic heterocycles. The van der Waals surface area contributed by atoms with Crippen LogP contribution in [0.25, 0.3) is 0 Å². The second kappa shape index (κ2) is 7.49. The molecule has 116 valence electrons. The first kappa shape index (κ1) is 15.9. The van der Waals surface area contributed by atoms with E-state index in [-0.39, 0.29) is 23.9 Å². The molecule has 0 spiro atoms. The predicted molar refractivity (Wildman–Crippen MR) is 82.4 cm³/mol. The molecule has 2 fully saturated rings. The fraction of sp³-hybridized carbons (Fsp3) is 0.765. The maximum absolute atomic E-state index is 12.9. The Morgan fingerprint density at radius 2 is 2.05 bits per heavy atom. The Bertz CT molecular complexity index is 421. The molecule has 0 bridgehead atoms. The van der Waals surface area contributed by atoms with Gasteiger partial charge in [-0.1, -0.05) is 26.2 Å². The van der Waals surface area contributed by atoms with E-state index in [2.05, 4.69) is 11.2 Å². The quantitative estimate of drug-likeness (QED) is 0.806. The van der Waals surface area contributed by atoms with Gasteiger partial charge in [0.05, 0.1) is 0 Å². The highest BCUT2D eigenvalue weighted by Crippen LogP contribution is 2.29. The van der Waals surface area contributed by atoms with Gasteiger partial charge in [-0.25, -0.2) is 0 Å². The number of rotatable bonds is 4. The number of nitrogens with zero attached hydrogens (tertiary/aromatic N) is 1. The van der Waals surface area contributed by atoms with Crippen LogP contribution in [-0.4, -0.2) is 35.3 Å². The highest BCUT2D eigenvalue weighted by Gasteiger charge is 2.37. The molecule has 0 aromatic carbocycles. The summed E-state index contributed by atoms with van der Waals surface area (Å²) in [5, 5.41) is 2.97. The molecule has 1 heterocycles. The number of terminal acetylenes is 1. The van der Waals surface area contributed by atoms with Gasteiger partial charge in [-0.05, 0) is 25.2 Å².